The molecule has 0 aliphatic heterocycles. The van der Waals surface area contributed by atoms with Gasteiger partial charge < -0.3 is 20.9 Å². The van der Waals surface area contributed by atoms with Gasteiger partial charge >= 0.3 is 11.9 Å². The molecule has 0 bridgehead atoms. The maximum Gasteiger partial charge on any atom is 0.331 e. The molecule has 4 N–H and O–H groups in total. The Morgan fingerprint density at radius 2 is 1.73 bits per heavy atom. The number of nitrogens with two attached hydrogens (primary N) is 1. The number of carboxylic acid groups (broad SMARTS) is 1. The van der Waals surface area contributed by atoms with Gasteiger partial charge in [-0.25, -0.2) is 4.79 Å². The molecule has 1 atom stereocenters. The number of hydrogen-bond donors (Lipinski definition) is 3. The first-order valence-corrected chi connectivity index (χ1v) is 7.71. The van der Waals surface area contributed by atoms with Crippen LogP contribution in [-0.2, 0) is 19.1 Å². The number of esters is 1. The summed E-state index contributed by atoms with van der Waals surface area (Å²) in [5.74, 6) is -1.41. The van der Waals surface area contributed by atoms with Gasteiger partial charge in [0.1, 0.15) is 11.6 Å². The lowest BCUT2D eigenvalue weighted by molar-refractivity contribution is -0.159. The van der Waals surface area contributed by atoms with E-state index in [1.54, 1.807) is 0 Å². The van der Waals surface area contributed by atoms with Crippen LogP contribution < -0.4 is 11.1 Å². The Labute approximate surface area is 129 Å². The molecule has 7 nitrogen and oxygen atoms in total. The lowest BCUT2D eigenvalue weighted by atomic mass is 10.0. The summed E-state index contributed by atoms with van der Waals surface area (Å²) in [5.41, 5.74) is 4.27. The van der Waals surface area contributed by atoms with E-state index < -0.39 is 35.8 Å². The Hall–Kier alpha value is -1.63. The van der Waals surface area contributed by atoms with Crippen LogP contribution in [-0.4, -0.2) is 40.6 Å². The molecule has 22 heavy (non-hydrogen) atoms. The summed E-state index contributed by atoms with van der Waals surface area (Å²) in [6.07, 6.45) is 3.82. The molecule has 0 spiro atoms. The highest BCUT2D eigenvalue weighted by atomic mass is 16.5. The van der Waals surface area contributed by atoms with E-state index in [-0.39, 0.29) is 6.10 Å². The first-order chi connectivity index (χ1) is 10.2. The predicted molar refractivity (Wildman–Crippen MR) is 77.8 cm³/mol. The molecule has 1 amide bonds. The largest absolute Gasteiger partial charge is 0.481 e. The molecule has 2 saturated carbocycles. The molecule has 0 heterocycles. The van der Waals surface area contributed by atoms with Crippen molar-refractivity contribution >= 4 is 17.8 Å². The van der Waals surface area contributed by atoms with E-state index in [1.165, 1.54) is 13.8 Å². The van der Waals surface area contributed by atoms with Crippen molar-refractivity contribution in [3.8, 4) is 0 Å². The van der Waals surface area contributed by atoms with Crippen molar-refractivity contribution in [2.75, 3.05) is 0 Å². The third-order valence-corrected chi connectivity index (χ3v) is 4.09. The molecule has 0 aromatic carbocycles. The number of carboxylic acids is 1. The van der Waals surface area contributed by atoms with Crippen LogP contribution in [0.4, 0.5) is 0 Å². The minimum absolute atomic E-state index is 0.0450. The average molecular weight is 312 g/mol. The SMILES string of the molecule is CC(C)(NC(=O)[C@@H](N)CC(=O)O)C(=O)OC(C1CC1)C1CC1. The second-order valence-electron chi connectivity index (χ2n) is 6.86. The summed E-state index contributed by atoms with van der Waals surface area (Å²) in [5, 5.41) is 11.1. The molecule has 0 aromatic heterocycles. The number of rotatable bonds is 8. The molecule has 0 unspecified atom stereocenters. The summed E-state index contributed by atoms with van der Waals surface area (Å²) < 4.78 is 5.61. The number of hydrogen-bond acceptors (Lipinski definition) is 5. The van der Waals surface area contributed by atoms with E-state index >= 15 is 0 Å². The fourth-order valence-electron chi connectivity index (χ4n) is 2.43. The van der Waals surface area contributed by atoms with Crippen molar-refractivity contribution < 1.29 is 24.2 Å². The number of carbonyl (C=O) groups excluding carboxylic acids is 2. The van der Waals surface area contributed by atoms with E-state index in [4.69, 9.17) is 15.6 Å². The zero-order valence-electron chi connectivity index (χ0n) is 13.0. The van der Waals surface area contributed by atoms with Crippen LogP contribution in [0.25, 0.3) is 0 Å². The molecule has 0 saturated heterocycles. The van der Waals surface area contributed by atoms with E-state index in [1.807, 2.05) is 0 Å². The second-order valence-corrected chi connectivity index (χ2v) is 6.86. The zero-order valence-corrected chi connectivity index (χ0v) is 13.0. The summed E-state index contributed by atoms with van der Waals surface area (Å²) in [6.45, 7) is 3.08. The van der Waals surface area contributed by atoms with E-state index in [0.717, 1.165) is 25.7 Å². The second kappa shape index (κ2) is 6.24. The highest BCUT2D eigenvalue weighted by molar-refractivity contribution is 5.91. The van der Waals surface area contributed by atoms with Crippen molar-refractivity contribution in [2.24, 2.45) is 17.6 Å². The lowest BCUT2D eigenvalue weighted by Crippen LogP contribution is -2.56. The van der Waals surface area contributed by atoms with Crippen molar-refractivity contribution in [3.05, 3.63) is 0 Å². The smallest absolute Gasteiger partial charge is 0.331 e. The fraction of sp³-hybridized carbons (Fsp3) is 0.800. The van der Waals surface area contributed by atoms with Crippen LogP contribution >= 0.6 is 0 Å². The first-order valence-electron chi connectivity index (χ1n) is 7.71. The van der Waals surface area contributed by atoms with Crippen LogP contribution in [0, 0.1) is 11.8 Å². The minimum Gasteiger partial charge on any atom is -0.481 e. The summed E-state index contributed by atoms with van der Waals surface area (Å²) in [7, 11) is 0. The summed E-state index contributed by atoms with van der Waals surface area (Å²) in [6, 6.07) is -1.19. The van der Waals surface area contributed by atoms with Gasteiger partial charge in [-0.1, -0.05) is 0 Å². The van der Waals surface area contributed by atoms with Crippen molar-refractivity contribution in [2.45, 2.75) is 63.6 Å². The van der Waals surface area contributed by atoms with Gasteiger partial charge in [-0.05, 0) is 51.4 Å². The van der Waals surface area contributed by atoms with Gasteiger partial charge in [0.05, 0.1) is 12.5 Å². The quantitative estimate of drug-likeness (QED) is 0.559. The molecule has 7 heteroatoms. The van der Waals surface area contributed by atoms with Crippen molar-refractivity contribution in [3.63, 3.8) is 0 Å². The zero-order chi connectivity index (χ0) is 16.5. The number of ether oxygens (including phenoxy) is 1. The molecule has 0 radical (unpaired) electrons. The van der Waals surface area contributed by atoms with Crippen LogP contribution in [0.2, 0.25) is 0 Å². The van der Waals surface area contributed by atoms with Gasteiger partial charge in [0.2, 0.25) is 5.91 Å². The van der Waals surface area contributed by atoms with Crippen molar-refractivity contribution in [1.82, 2.24) is 5.32 Å². The number of carbonyl (C=O) groups is 3. The topological polar surface area (TPSA) is 119 Å². The Morgan fingerprint density at radius 1 is 1.23 bits per heavy atom. The Balaban J connectivity index is 1.89. The Morgan fingerprint density at radius 3 is 2.14 bits per heavy atom. The van der Waals surface area contributed by atoms with Gasteiger partial charge in [-0.3, -0.25) is 9.59 Å². The Bertz CT molecular complexity index is 457. The molecule has 2 rings (SSSR count). The normalized spacial score (nSPS) is 19.6. The summed E-state index contributed by atoms with van der Waals surface area (Å²) in [4.78, 5) is 34.8. The van der Waals surface area contributed by atoms with Crippen LogP contribution in [0.1, 0.15) is 46.0 Å². The van der Waals surface area contributed by atoms with E-state index in [0.29, 0.717) is 11.8 Å². The Kier molecular flexibility index (Phi) is 4.75. The van der Waals surface area contributed by atoms with Gasteiger partial charge in [-0.2, -0.15) is 0 Å². The van der Waals surface area contributed by atoms with Gasteiger partial charge in [0.25, 0.3) is 0 Å². The minimum atomic E-state index is -1.23. The molecule has 2 aliphatic rings. The molecule has 0 aromatic rings. The molecular weight excluding hydrogens is 288 g/mol. The van der Waals surface area contributed by atoms with E-state index in [9.17, 15) is 14.4 Å². The van der Waals surface area contributed by atoms with E-state index in [2.05, 4.69) is 5.32 Å². The van der Waals surface area contributed by atoms with Crippen LogP contribution in [0.15, 0.2) is 0 Å². The summed E-state index contributed by atoms with van der Waals surface area (Å²) >= 11 is 0. The van der Waals surface area contributed by atoms with Crippen LogP contribution in [0.5, 0.6) is 0 Å². The van der Waals surface area contributed by atoms with Gasteiger partial charge in [-0.15, -0.1) is 0 Å². The first kappa shape index (κ1) is 16.7. The van der Waals surface area contributed by atoms with Gasteiger partial charge in [0.15, 0.2) is 0 Å². The highest BCUT2D eigenvalue weighted by Crippen LogP contribution is 2.46. The number of amides is 1. The maximum atomic E-state index is 12.3. The number of nitrogens with one attached hydrogen (secondary N) is 1. The number of aliphatic carboxylic acids is 1. The van der Waals surface area contributed by atoms with Crippen molar-refractivity contribution in [1.29, 1.82) is 0 Å². The average Bonchev–Trinajstić information content (AvgIpc) is 3.26. The molecule has 2 fully saturated rings. The lowest BCUT2D eigenvalue weighted by Gasteiger charge is -2.28. The van der Waals surface area contributed by atoms with Gasteiger partial charge in [0, 0.05) is 0 Å². The maximum absolute atomic E-state index is 12.3. The van der Waals surface area contributed by atoms with Crippen LogP contribution in [0.3, 0.4) is 0 Å². The predicted octanol–water partition coefficient (Wildman–Crippen LogP) is 0.415. The molecule has 2 aliphatic carbocycles. The standard InChI is InChI=1S/C15H24N2O5/c1-15(2,17-13(20)10(16)7-11(18)19)14(21)22-12(8-3-4-8)9-5-6-9/h8-10,12H,3-7,16H2,1-2H3,(H,17,20)(H,18,19)/t10-/m0/s1. The third-order valence-electron chi connectivity index (χ3n) is 4.09. The molecule has 124 valence electrons. The molecular formula is C15H24N2O5. The fourth-order valence-corrected chi connectivity index (χ4v) is 2.43. The monoisotopic (exact) mass is 312 g/mol. The third kappa shape index (κ3) is 4.43. The highest BCUT2D eigenvalue weighted by Gasteiger charge is 2.46.